The maximum Gasteiger partial charge on any atom is 0.0463 e. The van der Waals surface area contributed by atoms with Crippen molar-refractivity contribution >= 4 is 11.6 Å². The Morgan fingerprint density at radius 2 is 2.05 bits per heavy atom. The molecule has 0 saturated heterocycles. The molecule has 2 rings (SSSR count). The zero-order chi connectivity index (χ0) is 13.7. The van der Waals surface area contributed by atoms with Crippen LogP contribution in [0, 0.1) is 12.8 Å². The molecule has 1 aromatic carbocycles. The second-order valence-electron chi connectivity index (χ2n) is 5.80. The fourth-order valence-corrected chi connectivity index (χ4v) is 3.37. The van der Waals surface area contributed by atoms with Gasteiger partial charge in [-0.3, -0.25) is 11.3 Å². The van der Waals surface area contributed by atoms with Gasteiger partial charge in [0.1, 0.15) is 0 Å². The molecule has 0 aliphatic heterocycles. The van der Waals surface area contributed by atoms with Gasteiger partial charge in [-0.15, -0.1) is 0 Å². The topological polar surface area (TPSA) is 38.0 Å². The second-order valence-corrected chi connectivity index (χ2v) is 6.24. The van der Waals surface area contributed by atoms with Gasteiger partial charge in [0.05, 0.1) is 0 Å². The quantitative estimate of drug-likeness (QED) is 0.615. The van der Waals surface area contributed by atoms with Gasteiger partial charge < -0.3 is 0 Å². The summed E-state index contributed by atoms with van der Waals surface area (Å²) in [6.45, 7) is 2.12. The molecular formula is C16H25ClN2. The van der Waals surface area contributed by atoms with Crippen LogP contribution in [-0.2, 0) is 0 Å². The van der Waals surface area contributed by atoms with E-state index in [1.807, 2.05) is 12.1 Å². The van der Waals surface area contributed by atoms with Gasteiger partial charge in [0.2, 0.25) is 0 Å². The van der Waals surface area contributed by atoms with Crippen molar-refractivity contribution in [3.63, 3.8) is 0 Å². The van der Waals surface area contributed by atoms with E-state index in [4.69, 9.17) is 17.4 Å². The fourth-order valence-electron chi connectivity index (χ4n) is 3.19. The molecule has 3 heteroatoms. The van der Waals surface area contributed by atoms with E-state index in [1.165, 1.54) is 49.7 Å². The Morgan fingerprint density at radius 1 is 1.32 bits per heavy atom. The number of hydrogen-bond acceptors (Lipinski definition) is 2. The van der Waals surface area contributed by atoms with Crippen LogP contribution in [0.4, 0.5) is 0 Å². The zero-order valence-electron chi connectivity index (χ0n) is 11.8. The molecule has 1 atom stereocenters. The highest BCUT2D eigenvalue weighted by Gasteiger charge is 2.18. The van der Waals surface area contributed by atoms with E-state index in [1.54, 1.807) is 0 Å². The maximum atomic E-state index is 6.10. The lowest BCUT2D eigenvalue weighted by Gasteiger charge is -2.25. The summed E-state index contributed by atoms with van der Waals surface area (Å²) in [5.74, 6) is 6.64. The Hall–Kier alpha value is -0.570. The van der Waals surface area contributed by atoms with Crippen molar-refractivity contribution in [3.8, 4) is 0 Å². The largest absolute Gasteiger partial charge is 0.271 e. The molecule has 1 fully saturated rings. The van der Waals surface area contributed by atoms with Crippen molar-refractivity contribution in [1.29, 1.82) is 0 Å². The van der Waals surface area contributed by atoms with Crippen LogP contribution in [-0.4, -0.2) is 0 Å². The first kappa shape index (κ1) is 14.8. The predicted molar refractivity (Wildman–Crippen MR) is 82.1 cm³/mol. The summed E-state index contributed by atoms with van der Waals surface area (Å²) in [5, 5.41) is 0.790. The summed E-state index contributed by atoms with van der Waals surface area (Å²) >= 11 is 6.10. The van der Waals surface area contributed by atoms with Crippen molar-refractivity contribution in [2.45, 2.75) is 57.9 Å². The number of benzene rings is 1. The molecule has 2 nitrogen and oxygen atoms in total. The molecule has 0 radical (unpaired) electrons. The van der Waals surface area contributed by atoms with E-state index in [-0.39, 0.29) is 6.04 Å². The molecule has 3 N–H and O–H groups in total. The number of nitrogens with one attached hydrogen (secondary N) is 1. The van der Waals surface area contributed by atoms with Gasteiger partial charge in [0.15, 0.2) is 0 Å². The molecule has 0 spiro atoms. The van der Waals surface area contributed by atoms with Gasteiger partial charge in [-0.1, -0.05) is 49.8 Å². The summed E-state index contributed by atoms with van der Waals surface area (Å²) in [7, 11) is 0. The number of rotatable bonds is 5. The first-order chi connectivity index (χ1) is 9.20. The van der Waals surface area contributed by atoms with Gasteiger partial charge in [-0.05, 0) is 48.9 Å². The first-order valence-electron chi connectivity index (χ1n) is 7.43. The third kappa shape index (κ3) is 4.20. The molecule has 1 aromatic rings. The number of hydrazine groups is 1. The number of aryl methyl sites for hydroxylation is 1. The Morgan fingerprint density at radius 3 is 2.74 bits per heavy atom. The Bertz CT molecular complexity index is 400. The van der Waals surface area contributed by atoms with Crippen LogP contribution in [0.2, 0.25) is 5.02 Å². The molecule has 1 aliphatic rings. The van der Waals surface area contributed by atoms with Crippen molar-refractivity contribution in [2.75, 3.05) is 0 Å². The number of halogens is 1. The average Bonchev–Trinajstić information content (AvgIpc) is 2.44. The number of hydrogen-bond donors (Lipinski definition) is 2. The average molecular weight is 281 g/mol. The van der Waals surface area contributed by atoms with Crippen LogP contribution in [0.3, 0.4) is 0 Å². The van der Waals surface area contributed by atoms with E-state index >= 15 is 0 Å². The van der Waals surface area contributed by atoms with E-state index in [9.17, 15) is 0 Å². The lowest BCUT2D eigenvalue weighted by Crippen LogP contribution is -2.29. The van der Waals surface area contributed by atoms with Gasteiger partial charge in [-0.25, -0.2) is 0 Å². The van der Waals surface area contributed by atoms with E-state index in [0.29, 0.717) is 0 Å². The third-order valence-corrected chi connectivity index (χ3v) is 4.64. The predicted octanol–water partition coefficient (Wildman–Crippen LogP) is 4.51. The zero-order valence-corrected chi connectivity index (χ0v) is 12.5. The molecule has 19 heavy (non-hydrogen) atoms. The normalized spacial score (nSPS) is 18.5. The standard InChI is InChI=1S/C16H25ClN2/c1-12-7-9-14(17)11-15(12)16(19-18)10-8-13-5-3-2-4-6-13/h7,9,11,13,16,19H,2-6,8,10,18H2,1H3. The summed E-state index contributed by atoms with van der Waals surface area (Å²) in [4.78, 5) is 0. The highest BCUT2D eigenvalue weighted by Crippen LogP contribution is 2.31. The molecule has 0 aromatic heterocycles. The minimum atomic E-state index is 0.223. The van der Waals surface area contributed by atoms with Crippen molar-refractivity contribution in [3.05, 3.63) is 34.3 Å². The molecule has 0 bridgehead atoms. The van der Waals surface area contributed by atoms with E-state index in [2.05, 4.69) is 18.4 Å². The highest BCUT2D eigenvalue weighted by atomic mass is 35.5. The molecule has 1 unspecified atom stereocenters. The highest BCUT2D eigenvalue weighted by molar-refractivity contribution is 6.30. The van der Waals surface area contributed by atoms with Gasteiger partial charge in [-0.2, -0.15) is 0 Å². The first-order valence-corrected chi connectivity index (χ1v) is 7.80. The maximum absolute atomic E-state index is 6.10. The van der Waals surface area contributed by atoms with Crippen LogP contribution in [0.5, 0.6) is 0 Å². The van der Waals surface area contributed by atoms with E-state index < -0.39 is 0 Å². The Kier molecular flexibility index (Phi) is 5.68. The molecule has 0 amide bonds. The van der Waals surface area contributed by atoms with Crippen molar-refractivity contribution < 1.29 is 0 Å². The fraction of sp³-hybridized carbons (Fsp3) is 0.625. The Balaban J connectivity index is 1.97. The van der Waals surface area contributed by atoms with Crippen LogP contribution in [0.1, 0.15) is 62.1 Å². The minimum absolute atomic E-state index is 0.223. The smallest absolute Gasteiger partial charge is 0.0463 e. The minimum Gasteiger partial charge on any atom is -0.271 e. The SMILES string of the molecule is Cc1ccc(Cl)cc1C(CCC1CCCCC1)NN. The summed E-state index contributed by atoms with van der Waals surface area (Å²) in [6.07, 6.45) is 9.38. The van der Waals surface area contributed by atoms with Crippen LogP contribution in [0.25, 0.3) is 0 Å². The van der Waals surface area contributed by atoms with Crippen LogP contribution < -0.4 is 11.3 Å². The second kappa shape index (κ2) is 7.28. The molecule has 1 saturated carbocycles. The van der Waals surface area contributed by atoms with Crippen LogP contribution >= 0.6 is 11.6 Å². The monoisotopic (exact) mass is 280 g/mol. The summed E-state index contributed by atoms with van der Waals surface area (Å²) < 4.78 is 0. The van der Waals surface area contributed by atoms with Crippen LogP contribution in [0.15, 0.2) is 18.2 Å². The molecular weight excluding hydrogens is 256 g/mol. The molecule has 106 valence electrons. The van der Waals surface area contributed by atoms with Gasteiger partial charge >= 0.3 is 0 Å². The Labute approximate surface area is 121 Å². The van der Waals surface area contributed by atoms with Crippen molar-refractivity contribution in [1.82, 2.24) is 5.43 Å². The lowest BCUT2D eigenvalue weighted by molar-refractivity contribution is 0.314. The number of nitrogens with two attached hydrogens (primary N) is 1. The molecule has 0 heterocycles. The van der Waals surface area contributed by atoms with E-state index in [0.717, 1.165) is 17.4 Å². The summed E-state index contributed by atoms with van der Waals surface area (Å²) in [5.41, 5.74) is 5.47. The van der Waals surface area contributed by atoms with Gasteiger partial charge in [0.25, 0.3) is 0 Å². The summed E-state index contributed by atoms with van der Waals surface area (Å²) in [6, 6.07) is 6.28. The molecule has 1 aliphatic carbocycles. The third-order valence-electron chi connectivity index (χ3n) is 4.41. The van der Waals surface area contributed by atoms with Gasteiger partial charge in [0, 0.05) is 11.1 Å². The lowest BCUT2D eigenvalue weighted by atomic mass is 9.84. The van der Waals surface area contributed by atoms with Crippen molar-refractivity contribution in [2.24, 2.45) is 11.8 Å².